The third-order valence-electron chi connectivity index (χ3n) is 5.22. The Balaban J connectivity index is 1.40. The molecule has 9 nitrogen and oxygen atoms in total. The molecule has 5 aromatic rings. The SMILES string of the molecule is Cc1nnc2c(Oc3ccc(NC(=O)c4cnn(-c5ccc(Cl)cc5)c4C(F)(F)F)cc3F)nccn12. The maximum absolute atomic E-state index is 14.8. The van der Waals surface area contributed by atoms with Gasteiger partial charge < -0.3 is 10.1 Å². The normalized spacial score (nSPS) is 11.6. The first-order chi connectivity index (χ1) is 17.6. The van der Waals surface area contributed by atoms with E-state index in [1.807, 2.05) is 0 Å². The van der Waals surface area contributed by atoms with E-state index in [4.69, 9.17) is 16.3 Å². The highest BCUT2D eigenvalue weighted by Crippen LogP contribution is 2.34. The van der Waals surface area contributed by atoms with E-state index in [9.17, 15) is 22.4 Å². The van der Waals surface area contributed by atoms with Gasteiger partial charge in [-0.1, -0.05) is 11.6 Å². The molecule has 2 aromatic carbocycles. The molecular weight excluding hydrogens is 518 g/mol. The minimum Gasteiger partial charge on any atom is -0.433 e. The summed E-state index contributed by atoms with van der Waals surface area (Å²) >= 11 is 5.80. The van der Waals surface area contributed by atoms with Crippen molar-refractivity contribution in [2.75, 3.05) is 5.32 Å². The number of ether oxygens (including phenoxy) is 1. The summed E-state index contributed by atoms with van der Waals surface area (Å²) < 4.78 is 64.1. The third-order valence-corrected chi connectivity index (χ3v) is 5.47. The van der Waals surface area contributed by atoms with E-state index in [-0.39, 0.29) is 28.7 Å². The molecule has 1 N–H and O–H groups in total. The number of carbonyl (C=O) groups excluding carboxylic acids is 1. The second kappa shape index (κ2) is 9.17. The summed E-state index contributed by atoms with van der Waals surface area (Å²) in [5.74, 6) is -1.72. The zero-order chi connectivity index (χ0) is 26.3. The average molecular weight is 532 g/mol. The lowest BCUT2D eigenvalue weighted by molar-refractivity contribution is -0.143. The number of anilines is 1. The molecule has 0 saturated carbocycles. The van der Waals surface area contributed by atoms with Gasteiger partial charge in [0.05, 0.1) is 17.4 Å². The van der Waals surface area contributed by atoms with Gasteiger partial charge in [-0.3, -0.25) is 9.20 Å². The Labute approximate surface area is 210 Å². The van der Waals surface area contributed by atoms with Crippen LogP contribution in [0.1, 0.15) is 21.9 Å². The van der Waals surface area contributed by atoms with Gasteiger partial charge in [0.25, 0.3) is 11.8 Å². The number of amides is 1. The minimum absolute atomic E-state index is 0.0109. The molecule has 0 aliphatic rings. The minimum atomic E-state index is -4.92. The average Bonchev–Trinajstić information content (AvgIpc) is 3.46. The standard InChI is InChI=1S/C23H14ClF4N7O2/c1-12-32-33-20-22(29-8-9-34(12)20)37-18-7-4-14(10-17(18)25)31-21(36)16-11-30-35(19(16)23(26,27)28)15-5-2-13(24)3-6-15/h2-11H,1H3,(H,31,36). The lowest BCUT2D eigenvalue weighted by Crippen LogP contribution is -2.20. The number of aromatic nitrogens is 6. The second-order valence-corrected chi connectivity index (χ2v) is 8.10. The van der Waals surface area contributed by atoms with Crippen molar-refractivity contribution in [1.29, 1.82) is 0 Å². The number of fused-ring (bicyclic) bond motifs is 1. The van der Waals surface area contributed by atoms with Crippen LogP contribution in [0, 0.1) is 12.7 Å². The van der Waals surface area contributed by atoms with Crippen LogP contribution in [-0.2, 0) is 6.18 Å². The number of benzene rings is 2. The Morgan fingerprint density at radius 3 is 2.57 bits per heavy atom. The molecule has 188 valence electrons. The summed E-state index contributed by atoms with van der Waals surface area (Å²) in [7, 11) is 0. The molecule has 1 amide bonds. The van der Waals surface area contributed by atoms with Crippen molar-refractivity contribution in [3.63, 3.8) is 0 Å². The molecule has 0 saturated heterocycles. The van der Waals surface area contributed by atoms with Crippen LogP contribution in [0.15, 0.2) is 61.1 Å². The lowest BCUT2D eigenvalue weighted by Gasteiger charge is -2.13. The number of hydrogen-bond donors (Lipinski definition) is 1. The summed E-state index contributed by atoms with van der Waals surface area (Å²) in [6.45, 7) is 1.71. The summed E-state index contributed by atoms with van der Waals surface area (Å²) in [6, 6.07) is 8.81. The largest absolute Gasteiger partial charge is 0.434 e. The molecule has 0 atom stereocenters. The van der Waals surface area contributed by atoms with Gasteiger partial charge in [-0.25, -0.2) is 14.1 Å². The van der Waals surface area contributed by atoms with Gasteiger partial charge >= 0.3 is 6.18 Å². The first kappa shape index (κ1) is 24.2. The topological polar surface area (TPSA) is 99.2 Å². The Kier molecular flexibility index (Phi) is 5.99. The fourth-order valence-corrected chi connectivity index (χ4v) is 3.65. The molecular formula is C23H14ClF4N7O2. The molecule has 5 rings (SSSR count). The van der Waals surface area contributed by atoms with Crippen molar-refractivity contribution in [2.45, 2.75) is 13.1 Å². The summed E-state index contributed by atoms with van der Waals surface area (Å²) in [5.41, 5.74) is -1.84. The van der Waals surface area contributed by atoms with E-state index >= 15 is 0 Å². The highest BCUT2D eigenvalue weighted by atomic mass is 35.5. The van der Waals surface area contributed by atoms with Gasteiger partial charge in [0, 0.05) is 29.2 Å². The lowest BCUT2D eigenvalue weighted by atomic mass is 10.2. The number of hydrogen-bond acceptors (Lipinski definition) is 6. The number of aryl methyl sites for hydroxylation is 1. The number of halogens is 5. The van der Waals surface area contributed by atoms with Crippen LogP contribution >= 0.6 is 11.6 Å². The summed E-state index contributed by atoms with van der Waals surface area (Å²) in [6.07, 6.45) is -1.10. The molecule has 14 heteroatoms. The zero-order valence-corrected chi connectivity index (χ0v) is 19.4. The third kappa shape index (κ3) is 4.68. The Bertz CT molecular complexity index is 1630. The van der Waals surface area contributed by atoms with Crippen LogP contribution in [0.25, 0.3) is 11.3 Å². The van der Waals surface area contributed by atoms with E-state index in [1.165, 1.54) is 42.6 Å². The van der Waals surface area contributed by atoms with E-state index in [2.05, 4.69) is 25.6 Å². The molecule has 3 aromatic heterocycles. The Hall–Kier alpha value is -4.52. The zero-order valence-electron chi connectivity index (χ0n) is 18.7. The van der Waals surface area contributed by atoms with Gasteiger partial charge in [0.15, 0.2) is 17.3 Å². The van der Waals surface area contributed by atoms with Crippen LogP contribution in [0.4, 0.5) is 23.2 Å². The Morgan fingerprint density at radius 1 is 1.11 bits per heavy atom. The van der Waals surface area contributed by atoms with Crippen molar-refractivity contribution >= 4 is 28.8 Å². The molecule has 0 aliphatic heterocycles. The first-order valence-corrected chi connectivity index (χ1v) is 10.9. The molecule has 0 spiro atoms. The predicted octanol–water partition coefficient (Wildman–Crippen LogP) is 5.47. The van der Waals surface area contributed by atoms with Crippen LogP contribution in [0.5, 0.6) is 11.6 Å². The van der Waals surface area contributed by atoms with Crippen molar-refractivity contribution in [3.8, 4) is 17.3 Å². The molecule has 0 fully saturated rings. The molecule has 0 radical (unpaired) electrons. The number of carbonyl (C=O) groups is 1. The van der Waals surface area contributed by atoms with Crippen molar-refractivity contribution < 1.29 is 27.1 Å². The van der Waals surface area contributed by atoms with E-state index in [0.29, 0.717) is 15.5 Å². The molecule has 0 aliphatic carbocycles. The van der Waals surface area contributed by atoms with Crippen LogP contribution in [0.3, 0.4) is 0 Å². The summed E-state index contributed by atoms with van der Waals surface area (Å²) in [4.78, 5) is 16.8. The number of nitrogens with zero attached hydrogens (tertiary/aromatic N) is 6. The van der Waals surface area contributed by atoms with E-state index in [0.717, 1.165) is 12.3 Å². The molecule has 0 unspecified atom stereocenters. The van der Waals surface area contributed by atoms with Crippen molar-refractivity contribution in [1.82, 2.24) is 29.4 Å². The highest BCUT2D eigenvalue weighted by Gasteiger charge is 2.40. The van der Waals surface area contributed by atoms with Crippen molar-refractivity contribution in [2.24, 2.45) is 0 Å². The van der Waals surface area contributed by atoms with Gasteiger partial charge in [0.2, 0.25) is 5.65 Å². The Morgan fingerprint density at radius 2 is 1.86 bits per heavy atom. The van der Waals surface area contributed by atoms with Crippen LogP contribution < -0.4 is 10.1 Å². The van der Waals surface area contributed by atoms with Crippen molar-refractivity contribution in [3.05, 3.63) is 89.0 Å². The van der Waals surface area contributed by atoms with Crippen LogP contribution in [-0.4, -0.2) is 35.3 Å². The molecule has 0 bridgehead atoms. The molecule has 3 heterocycles. The summed E-state index contributed by atoms with van der Waals surface area (Å²) in [5, 5.41) is 14.1. The highest BCUT2D eigenvalue weighted by molar-refractivity contribution is 6.30. The number of alkyl halides is 3. The fourth-order valence-electron chi connectivity index (χ4n) is 3.52. The fraction of sp³-hybridized carbons (Fsp3) is 0.0870. The van der Waals surface area contributed by atoms with Gasteiger partial charge in [-0.15, -0.1) is 10.2 Å². The van der Waals surface area contributed by atoms with E-state index in [1.54, 1.807) is 17.5 Å². The maximum Gasteiger partial charge on any atom is 0.434 e. The monoisotopic (exact) mass is 531 g/mol. The predicted molar refractivity (Wildman–Crippen MR) is 124 cm³/mol. The second-order valence-electron chi connectivity index (χ2n) is 7.67. The number of rotatable bonds is 5. The van der Waals surface area contributed by atoms with Gasteiger partial charge in [-0.2, -0.15) is 18.3 Å². The quantitative estimate of drug-likeness (QED) is 0.302. The number of nitrogens with one attached hydrogen (secondary N) is 1. The first-order valence-electron chi connectivity index (χ1n) is 10.5. The van der Waals surface area contributed by atoms with Gasteiger partial charge in [0.1, 0.15) is 5.82 Å². The van der Waals surface area contributed by atoms with E-state index < -0.39 is 29.2 Å². The van der Waals surface area contributed by atoms with Crippen LogP contribution in [0.2, 0.25) is 5.02 Å². The maximum atomic E-state index is 14.8. The molecule has 37 heavy (non-hydrogen) atoms. The smallest absolute Gasteiger partial charge is 0.433 e. The van der Waals surface area contributed by atoms with Gasteiger partial charge in [-0.05, 0) is 43.3 Å².